The van der Waals surface area contributed by atoms with Crippen molar-refractivity contribution in [2.45, 2.75) is 25.3 Å². The molecule has 1 heterocycles. The fourth-order valence-electron chi connectivity index (χ4n) is 3.84. The van der Waals surface area contributed by atoms with Gasteiger partial charge < -0.3 is 5.32 Å². The second kappa shape index (κ2) is 5.23. The first kappa shape index (κ1) is 14.0. The van der Waals surface area contributed by atoms with E-state index in [1.54, 1.807) is 12.1 Å². The molecule has 2 aliphatic rings. The monoisotopic (exact) mass is 306 g/mol. The molecule has 0 fully saturated rings. The van der Waals surface area contributed by atoms with Gasteiger partial charge in [0.15, 0.2) is 0 Å². The Morgan fingerprint density at radius 1 is 1.17 bits per heavy atom. The van der Waals surface area contributed by atoms with Crippen LogP contribution in [0.1, 0.15) is 35.1 Å². The highest BCUT2D eigenvalue weighted by Crippen LogP contribution is 2.49. The van der Waals surface area contributed by atoms with Gasteiger partial charge in [-0.1, -0.05) is 36.4 Å². The minimum absolute atomic E-state index is 0.141. The molecule has 4 rings (SSSR count). The van der Waals surface area contributed by atoms with Crippen molar-refractivity contribution in [1.82, 2.24) is 0 Å². The number of anilines is 1. The zero-order valence-corrected chi connectivity index (χ0v) is 12.9. The van der Waals surface area contributed by atoms with Crippen molar-refractivity contribution < 1.29 is 4.92 Å². The van der Waals surface area contributed by atoms with Crippen LogP contribution in [0.4, 0.5) is 11.4 Å². The number of fused-ring (bicyclic) bond motifs is 3. The Bertz CT molecular complexity index is 796. The number of rotatable bonds is 2. The quantitative estimate of drug-likeness (QED) is 0.496. The van der Waals surface area contributed by atoms with E-state index in [1.807, 2.05) is 12.1 Å². The van der Waals surface area contributed by atoms with Gasteiger partial charge in [0.25, 0.3) is 5.69 Å². The molecule has 0 aromatic heterocycles. The van der Waals surface area contributed by atoms with Crippen LogP contribution in [0.25, 0.3) is 0 Å². The van der Waals surface area contributed by atoms with Crippen LogP contribution in [0.3, 0.4) is 0 Å². The molecule has 0 radical (unpaired) electrons. The van der Waals surface area contributed by atoms with E-state index in [9.17, 15) is 10.1 Å². The highest BCUT2D eigenvalue weighted by molar-refractivity contribution is 5.61. The number of aryl methyl sites for hydroxylation is 1. The molecule has 0 saturated carbocycles. The number of nitro benzene ring substituents is 1. The highest BCUT2D eigenvalue weighted by Gasteiger charge is 2.37. The van der Waals surface area contributed by atoms with Gasteiger partial charge in [0, 0.05) is 23.7 Å². The lowest BCUT2D eigenvalue weighted by Gasteiger charge is -2.37. The van der Waals surface area contributed by atoms with Gasteiger partial charge in [0.1, 0.15) is 0 Å². The van der Waals surface area contributed by atoms with Gasteiger partial charge in [-0.2, -0.15) is 0 Å². The van der Waals surface area contributed by atoms with Gasteiger partial charge in [0.05, 0.1) is 11.0 Å². The van der Waals surface area contributed by atoms with Crippen LogP contribution in [0.2, 0.25) is 0 Å². The molecule has 1 aliphatic carbocycles. The molecule has 116 valence electrons. The molecule has 2 aromatic rings. The normalized spacial score (nSPS) is 24.7. The number of hydrogen-bond acceptors (Lipinski definition) is 3. The van der Waals surface area contributed by atoms with E-state index in [0.29, 0.717) is 11.8 Å². The fraction of sp³-hybridized carbons (Fsp3) is 0.263. The molecule has 23 heavy (non-hydrogen) atoms. The van der Waals surface area contributed by atoms with Crippen LogP contribution < -0.4 is 5.32 Å². The summed E-state index contributed by atoms with van der Waals surface area (Å²) in [7, 11) is 0. The van der Waals surface area contributed by atoms with Crippen molar-refractivity contribution in [3.05, 3.63) is 81.4 Å². The molecular formula is C19H18N2O2. The van der Waals surface area contributed by atoms with Crippen molar-refractivity contribution in [1.29, 1.82) is 0 Å². The number of nitrogens with zero attached hydrogens (tertiary/aromatic N) is 1. The number of hydrogen-bond donors (Lipinski definition) is 1. The fourth-order valence-corrected chi connectivity index (χ4v) is 3.84. The smallest absolute Gasteiger partial charge is 0.269 e. The van der Waals surface area contributed by atoms with E-state index in [2.05, 4.69) is 42.6 Å². The summed E-state index contributed by atoms with van der Waals surface area (Å²) in [5.74, 6) is 0.888. The molecule has 0 amide bonds. The van der Waals surface area contributed by atoms with E-state index in [1.165, 1.54) is 16.8 Å². The first-order valence-electron chi connectivity index (χ1n) is 7.91. The molecule has 1 aliphatic heterocycles. The number of allylic oxidation sites excluding steroid dienone is 2. The molecule has 3 unspecified atom stereocenters. The lowest BCUT2D eigenvalue weighted by Crippen LogP contribution is -2.29. The molecule has 2 aromatic carbocycles. The van der Waals surface area contributed by atoms with E-state index in [4.69, 9.17) is 0 Å². The van der Waals surface area contributed by atoms with Gasteiger partial charge in [0.2, 0.25) is 0 Å². The second-order valence-corrected chi connectivity index (χ2v) is 6.41. The van der Waals surface area contributed by atoms with E-state index < -0.39 is 0 Å². The van der Waals surface area contributed by atoms with Crippen LogP contribution in [-0.2, 0) is 0 Å². The summed E-state index contributed by atoms with van der Waals surface area (Å²) in [6, 6.07) is 13.7. The Hall–Kier alpha value is -2.62. The summed E-state index contributed by atoms with van der Waals surface area (Å²) in [5, 5.41) is 14.5. The van der Waals surface area contributed by atoms with Gasteiger partial charge in [-0.15, -0.1) is 0 Å². The summed E-state index contributed by atoms with van der Waals surface area (Å²) in [5.41, 5.74) is 5.02. The zero-order valence-electron chi connectivity index (χ0n) is 12.9. The van der Waals surface area contributed by atoms with Crippen LogP contribution in [-0.4, -0.2) is 4.92 Å². The van der Waals surface area contributed by atoms with Crippen molar-refractivity contribution in [3.8, 4) is 0 Å². The molecule has 1 N–H and O–H groups in total. The van der Waals surface area contributed by atoms with E-state index >= 15 is 0 Å². The minimum atomic E-state index is -0.351. The number of nitrogens with one attached hydrogen (secondary N) is 1. The summed E-state index contributed by atoms with van der Waals surface area (Å²) < 4.78 is 0. The van der Waals surface area contributed by atoms with Crippen molar-refractivity contribution in [3.63, 3.8) is 0 Å². The molecule has 4 nitrogen and oxygen atoms in total. The second-order valence-electron chi connectivity index (χ2n) is 6.41. The summed E-state index contributed by atoms with van der Waals surface area (Å²) >= 11 is 0. The first-order valence-corrected chi connectivity index (χ1v) is 7.91. The lowest BCUT2D eigenvalue weighted by molar-refractivity contribution is -0.384. The minimum Gasteiger partial charge on any atom is -0.378 e. The van der Waals surface area contributed by atoms with E-state index in [0.717, 1.165) is 12.0 Å². The van der Waals surface area contributed by atoms with Crippen LogP contribution in [0.5, 0.6) is 0 Å². The van der Waals surface area contributed by atoms with Gasteiger partial charge >= 0.3 is 0 Å². The van der Waals surface area contributed by atoms with Gasteiger partial charge in [-0.3, -0.25) is 10.1 Å². The average Bonchev–Trinajstić information content (AvgIpc) is 3.03. The SMILES string of the molecule is Cc1ccc2c(c1)NC(c1ccc([N+](=O)[O-])cc1)C1CC=CC21. The lowest BCUT2D eigenvalue weighted by atomic mass is 9.77. The van der Waals surface area contributed by atoms with Gasteiger partial charge in [-0.05, 0) is 42.0 Å². The molecule has 0 bridgehead atoms. The Morgan fingerprint density at radius 2 is 1.96 bits per heavy atom. The Labute approximate surface area is 135 Å². The zero-order chi connectivity index (χ0) is 16.0. The summed E-state index contributed by atoms with van der Waals surface area (Å²) in [6.45, 7) is 2.10. The first-order chi connectivity index (χ1) is 11.1. The highest BCUT2D eigenvalue weighted by atomic mass is 16.6. The largest absolute Gasteiger partial charge is 0.378 e. The summed E-state index contributed by atoms with van der Waals surface area (Å²) in [4.78, 5) is 10.5. The average molecular weight is 306 g/mol. The van der Waals surface area contributed by atoms with Gasteiger partial charge in [-0.25, -0.2) is 0 Å². The number of non-ortho nitro benzene ring substituents is 1. The molecule has 0 saturated heterocycles. The maximum Gasteiger partial charge on any atom is 0.269 e. The standard InChI is InChI=1S/C19H18N2O2/c1-12-5-10-16-15-3-2-4-17(15)19(20-18(16)11-12)13-6-8-14(9-7-13)21(22)23/h2-3,5-11,15,17,19-20H,4H2,1H3. The molecule has 4 heteroatoms. The third-order valence-electron chi connectivity index (χ3n) is 4.98. The third kappa shape index (κ3) is 2.31. The Kier molecular flexibility index (Phi) is 3.18. The van der Waals surface area contributed by atoms with Crippen LogP contribution >= 0.6 is 0 Å². The predicted octanol–water partition coefficient (Wildman–Crippen LogP) is 4.73. The topological polar surface area (TPSA) is 55.2 Å². The summed E-state index contributed by atoms with van der Waals surface area (Å²) in [6.07, 6.45) is 5.59. The molecule has 3 atom stereocenters. The predicted molar refractivity (Wildman–Crippen MR) is 90.6 cm³/mol. The Balaban J connectivity index is 1.73. The Morgan fingerprint density at radius 3 is 2.70 bits per heavy atom. The molecular weight excluding hydrogens is 288 g/mol. The third-order valence-corrected chi connectivity index (χ3v) is 4.98. The number of benzene rings is 2. The van der Waals surface area contributed by atoms with Crippen molar-refractivity contribution >= 4 is 11.4 Å². The molecule has 0 spiro atoms. The maximum absolute atomic E-state index is 10.9. The van der Waals surface area contributed by atoms with Crippen molar-refractivity contribution in [2.75, 3.05) is 5.32 Å². The maximum atomic E-state index is 10.9. The van der Waals surface area contributed by atoms with Crippen LogP contribution in [0.15, 0.2) is 54.6 Å². The number of nitro groups is 1. The van der Waals surface area contributed by atoms with Crippen LogP contribution in [0, 0.1) is 23.0 Å². The van der Waals surface area contributed by atoms with E-state index in [-0.39, 0.29) is 16.7 Å². The van der Waals surface area contributed by atoms with Crippen molar-refractivity contribution in [2.24, 2.45) is 5.92 Å².